The Labute approximate surface area is 400 Å². The van der Waals surface area contributed by atoms with Crippen molar-refractivity contribution in [1.82, 2.24) is 46.0 Å². The number of primary sulfonamides is 4. The third-order valence-electron chi connectivity index (χ3n) is 7.15. The van der Waals surface area contributed by atoms with Gasteiger partial charge in [0, 0.05) is 24.2 Å². The van der Waals surface area contributed by atoms with E-state index in [4.69, 9.17) is 37.0 Å². The number of nitrogens with zero attached hydrogens (tertiary/aromatic N) is 8. The van der Waals surface area contributed by atoms with Crippen LogP contribution in [0.5, 0.6) is 0 Å². The Kier molecular flexibility index (Phi) is 22.1. The fourth-order valence-corrected chi connectivity index (χ4v) is 9.92. The molecule has 14 N–H and O–H groups in total. The summed E-state index contributed by atoms with van der Waals surface area (Å²) in [5, 5.41) is 60.0. The van der Waals surface area contributed by atoms with Crippen LogP contribution in [0.15, 0.2) is 65.9 Å². The number of ketones is 3. The zero-order chi connectivity index (χ0) is 49.6. The molecule has 0 aliphatic rings. The number of nitrogens with one attached hydrogen (secondary N) is 1. The molecule has 67 heavy (non-hydrogen) atoms. The van der Waals surface area contributed by atoms with E-state index in [-0.39, 0.29) is 66.5 Å². The SMILES string of the molecule is C.CB(O)NCc1ccc(C(=O)Cc2nnc(S(N)(=O)=O)s2)cc1.CC(=O)Cc1nnc(S(N)(=O)=O)s1.NCc1ccc(C(=O)Cc2nnc(S(N)(=O)=O)s2)cc1.Nc1nnc(S(N)(=O)=O)s1. The van der Waals surface area contributed by atoms with Crippen molar-refractivity contribution in [3.05, 3.63) is 85.8 Å². The second-order valence-corrected chi connectivity index (χ2v) is 23.8. The second kappa shape index (κ2) is 25.4. The molecular formula is C31H42BN15O12S8. The summed E-state index contributed by atoms with van der Waals surface area (Å²) in [6, 6.07) is 13.8. The lowest BCUT2D eigenvalue weighted by Gasteiger charge is -2.05. The minimum Gasteiger partial charge on any atom is -0.437 e. The van der Waals surface area contributed by atoms with Gasteiger partial charge < -0.3 is 21.7 Å². The van der Waals surface area contributed by atoms with E-state index in [2.05, 4.69) is 46.0 Å². The molecule has 0 fully saturated rings. The molecule has 364 valence electrons. The Hall–Kier alpha value is -4.93. The van der Waals surface area contributed by atoms with Crippen LogP contribution < -0.4 is 37.3 Å². The fraction of sp³-hybridized carbons (Fsp3) is 0.258. The number of aromatic nitrogens is 8. The number of carbonyl (C=O) groups is 3. The quantitative estimate of drug-likeness (QED) is 0.0408. The lowest BCUT2D eigenvalue weighted by molar-refractivity contribution is -0.116. The van der Waals surface area contributed by atoms with Crippen molar-refractivity contribution in [3.63, 3.8) is 0 Å². The summed E-state index contributed by atoms with van der Waals surface area (Å²) in [6.45, 7) is 3.90. The average Bonchev–Trinajstić information content (AvgIpc) is 4.06. The number of anilines is 1. The molecule has 6 rings (SSSR count). The zero-order valence-electron chi connectivity index (χ0n) is 34.0. The third-order valence-corrected chi connectivity index (χ3v) is 15.9. The first-order valence-corrected chi connectivity index (χ1v) is 27.0. The Bertz CT molecular complexity index is 3070. The van der Waals surface area contributed by atoms with Crippen LogP contribution in [0.25, 0.3) is 0 Å². The van der Waals surface area contributed by atoms with Gasteiger partial charge in [0.2, 0.25) is 22.5 Å². The van der Waals surface area contributed by atoms with Gasteiger partial charge in [0.1, 0.15) is 20.8 Å². The van der Waals surface area contributed by atoms with Gasteiger partial charge in [-0.05, 0) is 24.9 Å². The van der Waals surface area contributed by atoms with Crippen molar-refractivity contribution >= 4 is 115 Å². The van der Waals surface area contributed by atoms with Crippen LogP contribution in [0, 0.1) is 0 Å². The molecule has 0 radical (unpaired) electrons. The summed E-state index contributed by atoms with van der Waals surface area (Å²) in [6.07, 6.45) is 0.0286. The number of nitrogen functional groups attached to an aromatic ring is 1. The molecule has 0 saturated heterocycles. The van der Waals surface area contributed by atoms with Crippen molar-refractivity contribution in [3.8, 4) is 0 Å². The van der Waals surface area contributed by atoms with Crippen LogP contribution in [0.3, 0.4) is 0 Å². The Balaban J connectivity index is 0.000000319. The van der Waals surface area contributed by atoms with Gasteiger partial charge in [0.15, 0.2) is 11.6 Å². The Morgan fingerprint density at radius 2 is 0.896 bits per heavy atom. The molecule has 6 aromatic rings. The smallest absolute Gasteiger partial charge is 0.373 e. The maximum absolute atomic E-state index is 12.2. The summed E-state index contributed by atoms with van der Waals surface area (Å²) in [5.74, 6) is -0.472. The van der Waals surface area contributed by atoms with Crippen molar-refractivity contribution in [2.24, 2.45) is 26.3 Å². The molecule has 0 bridgehead atoms. The zero-order valence-corrected chi connectivity index (χ0v) is 40.5. The van der Waals surface area contributed by atoms with E-state index < -0.39 is 47.1 Å². The van der Waals surface area contributed by atoms with E-state index in [9.17, 15) is 48.1 Å². The number of Topliss-reactive ketones (excluding diaryl/α,β-unsaturated/α-hetero) is 3. The normalized spacial score (nSPS) is 11.3. The number of carbonyl (C=O) groups excluding carboxylic acids is 3. The predicted molar refractivity (Wildman–Crippen MR) is 248 cm³/mol. The van der Waals surface area contributed by atoms with E-state index in [0.29, 0.717) is 39.2 Å². The summed E-state index contributed by atoms with van der Waals surface area (Å²) in [7, 11) is -15.9. The van der Waals surface area contributed by atoms with E-state index in [1.807, 2.05) is 0 Å². The van der Waals surface area contributed by atoms with E-state index in [0.717, 1.165) is 56.5 Å². The average molecular weight is 1080 g/mol. The van der Waals surface area contributed by atoms with Crippen LogP contribution >= 0.6 is 45.3 Å². The van der Waals surface area contributed by atoms with Crippen LogP contribution in [0.1, 0.15) is 61.2 Å². The number of nitrogens with two attached hydrogens (primary N) is 6. The number of hydrogen-bond acceptors (Lipinski definition) is 27. The summed E-state index contributed by atoms with van der Waals surface area (Å²) in [5.41, 5.74) is 13.4. The highest BCUT2D eigenvalue weighted by molar-refractivity contribution is 7.92. The highest BCUT2D eigenvalue weighted by atomic mass is 32.3. The lowest BCUT2D eigenvalue weighted by atomic mass is 9.88. The standard InChI is InChI=1S/C12H15BN4O4S2.C11H12N4O3S2.C5H7N3O3S2.C2H4N4O2S2.CH4/c1-13(19)15-7-8-2-4-9(5-3-8)10(18)6-11-16-17-12(22-11)23(14,20)21;12-6-7-1-3-8(4-2-7)9(16)5-10-14-15-11(19-10)20(13,17)18;1-3(9)2-4-7-8-5(12-4)13(6,10)11;3-1-5-6-2(9-1)10(4,7)8;/h2-5,15,19H,6-7H2,1H3,(H2,14,20,21);1-4H,5-6,12H2,(H2,13,17,18);2H2,1H3,(H2,6,10,11);(H2,3,5)(H2,4,7,8);1H4. The fourth-order valence-electron chi connectivity index (χ4n) is 4.20. The second-order valence-electron chi connectivity index (χ2n) is 12.7. The minimum atomic E-state index is -3.90. The van der Waals surface area contributed by atoms with Crippen molar-refractivity contribution in [2.75, 3.05) is 5.73 Å². The van der Waals surface area contributed by atoms with Gasteiger partial charge in [-0.2, -0.15) is 0 Å². The van der Waals surface area contributed by atoms with Crippen LogP contribution in [-0.2, 0) is 77.2 Å². The highest BCUT2D eigenvalue weighted by Crippen LogP contribution is 2.19. The first-order chi connectivity index (χ1) is 30.5. The topological polar surface area (TPSA) is 479 Å². The molecular weight excluding hydrogens is 1040 g/mol. The van der Waals surface area contributed by atoms with Gasteiger partial charge in [-0.25, -0.2) is 54.2 Å². The van der Waals surface area contributed by atoms with Crippen LogP contribution in [-0.4, -0.2) is 104 Å². The Morgan fingerprint density at radius 1 is 0.567 bits per heavy atom. The van der Waals surface area contributed by atoms with Gasteiger partial charge in [-0.15, -0.1) is 40.8 Å². The van der Waals surface area contributed by atoms with Gasteiger partial charge in [0.25, 0.3) is 40.1 Å². The molecule has 0 aliphatic carbocycles. The van der Waals surface area contributed by atoms with E-state index >= 15 is 0 Å². The molecule has 0 spiro atoms. The number of benzene rings is 2. The largest absolute Gasteiger partial charge is 0.437 e. The molecule has 27 nitrogen and oxygen atoms in total. The summed E-state index contributed by atoms with van der Waals surface area (Å²) >= 11 is 3.13. The molecule has 36 heteroatoms. The number of sulfonamides is 4. The van der Waals surface area contributed by atoms with Crippen molar-refractivity contribution in [1.29, 1.82) is 0 Å². The first-order valence-electron chi connectivity index (χ1n) is 17.6. The van der Waals surface area contributed by atoms with E-state index in [1.54, 1.807) is 55.4 Å². The molecule has 4 heterocycles. The highest BCUT2D eigenvalue weighted by Gasteiger charge is 2.20. The van der Waals surface area contributed by atoms with E-state index in [1.165, 1.54) is 6.92 Å². The molecule has 0 saturated carbocycles. The number of hydrogen-bond donors (Lipinski definition) is 8. The molecule has 2 aromatic carbocycles. The molecule has 4 aromatic heterocycles. The van der Waals surface area contributed by atoms with Crippen molar-refractivity contribution in [2.45, 2.75) is 70.9 Å². The van der Waals surface area contributed by atoms with Gasteiger partial charge >= 0.3 is 7.05 Å². The maximum atomic E-state index is 12.2. The predicted octanol–water partition coefficient (Wildman–Crippen LogP) is -1.40. The number of rotatable bonds is 16. The molecule has 0 aliphatic heterocycles. The van der Waals surface area contributed by atoms with Gasteiger partial charge in [-0.1, -0.05) is 101 Å². The van der Waals surface area contributed by atoms with Gasteiger partial charge in [0.05, 0.1) is 19.3 Å². The van der Waals surface area contributed by atoms with Gasteiger partial charge in [-0.3, -0.25) is 14.4 Å². The summed E-state index contributed by atoms with van der Waals surface area (Å²) in [4.78, 5) is 34.8. The summed E-state index contributed by atoms with van der Waals surface area (Å²) < 4.78 is 85.7. The Morgan fingerprint density at radius 3 is 1.16 bits per heavy atom. The molecule has 0 unspecified atom stereocenters. The minimum absolute atomic E-state index is 0. The molecule has 0 atom stereocenters. The van der Waals surface area contributed by atoms with Crippen molar-refractivity contribution < 1.29 is 53.1 Å². The van der Waals surface area contributed by atoms with Crippen LogP contribution in [0.4, 0.5) is 5.13 Å². The van der Waals surface area contributed by atoms with Crippen LogP contribution in [0.2, 0.25) is 6.82 Å². The first kappa shape index (κ1) is 58.2. The maximum Gasteiger partial charge on any atom is 0.373 e. The molecule has 0 amide bonds. The lowest BCUT2D eigenvalue weighted by Crippen LogP contribution is -2.29. The monoisotopic (exact) mass is 1080 g/mol. The third kappa shape index (κ3) is 20.5.